The summed E-state index contributed by atoms with van der Waals surface area (Å²) in [6.07, 6.45) is 6.32. The van der Waals surface area contributed by atoms with E-state index >= 15 is 0 Å². The van der Waals surface area contributed by atoms with Gasteiger partial charge in [0.05, 0.1) is 11.3 Å². The summed E-state index contributed by atoms with van der Waals surface area (Å²) < 4.78 is 11.1. The molecule has 1 fully saturated rings. The Bertz CT molecular complexity index is 576. The van der Waals surface area contributed by atoms with Crippen molar-refractivity contribution in [2.75, 3.05) is 12.3 Å². The zero-order valence-electron chi connectivity index (χ0n) is 10.8. The second kappa shape index (κ2) is 4.62. The number of hydrogen-bond acceptors (Lipinski definition) is 6. The van der Waals surface area contributed by atoms with Crippen molar-refractivity contribution in [3.8, 4) is 11.5 Å². The minimum atomic E-state index is -0.451. The van der Waals surface area contributed by atoms with Crippen LogP contribution in [-0.4, -0.2) is 21.7 Å². The van der Waals surface area contributed by atoms with Gasteiger partial charge in [0.1, 0.15) is 5.60 Å². The number of nitrogens with zero attached hydrogens (tertiary/aromatic N) is 3. The minimum absolute atomic E-state index is 0.421. The summed E-state index contributed by atoms with van der Waals surface area (Å²) in [4.78, 5) is 8.43. The molecule has 0 aliphatic carbocycles. The van der Waals surface area contributed by atoms with Crippen molar-refractivity contribution in [1.82, 2.24) is 15.1 Å². The molecule has 6 nitrogen and oxygen atoms in total. The van der Waals surface area contributed by atoms with Gasteiger partial charge in [-0.3, -0.25) is 4.98 Å². The van der Waals surface area contributed by atoms with Crippen molar-refractivity contribution in [3.63, 3.8) is 0 Å². The Balaban J connectivity index is 1.91. The molecule has 0 aromatic carbocycles. The lowest BCUT2D eigenvalue weighted by atomic mass is 9.95. The van der Waals surface area contributed by atoms with Gasteiger partial charge in [0.15, 0.2) is 0 Å². The lowest BCUT2D eigenvalue weighted by molar-refractivity contribution is -0.0770. The van der Waals surface area contributed by atoms with E-state index in [1.54, 1.807) is 18.5 Å². The molecule has 1 atom stereocenters. The molecule has 19 heavy (non-hydrogen) atoms. The number of anilines is 1. The van der Waals surface area contributed by atoms with Crippen molar-refractivity contribution in [3.05, 3.63) is 24.3 Å². The van der Waals surface area contributed by atoms with Gasteiger partial charge in [-0.1, -0.05) is 5.16 Å². The highest BCUT2D eigenvalue weighted by Gasteiger charge is 2.35. The van der Waals surface area contributed by atoms with Crippen LogP contribution in [0, 0.1) is 0 Å². The summed E-state index contributed by atoms with van der Waals surface area (Å²) in [7, 11) is 0. The molecule has 6 heteroatoms. The molecule has 2 aromatic heterocycles. The van der Waals surface area contributed by atoms with Crippen molar-refractivity contribution < 1.29 is 9.26 Å². The molecular weight excluding hydrogens is 244 g/mol. The molecule has 1 aliphatic rings. The van der Waals surface area contributed by atoms with E-state index in [4.69, 9.17) is 15.0 Å². The molecule has 1 unspecified atom stereocenters. The molecule has 0 spiro atoms. The standard InChI is InChI=1S/C13H16N4O2/c1-13(4-2-3-5-18-13)12-16-11(19-17-12)9-6-10(14)8-15-7-9/h6-8H,2-5,14H2,1H3. The van der Waals surface area contributed by atoms with E-state index in [0.29, 0.717) is 17.4 Å². The zero-order valence-corrected chi connectivity index (χ0v) is 10.8. The highest BCUT2D eigenvalue weighted by Crippen LogP contribution is 2.33. The van der Waals surface area contributed by atoms with Crippen LogP contribution in [0.1, 0.15) is 32.0 Å². The fraction of sp³-hybridized carbons (Fsp3) is 0.462. The van der Waals surface area contributed by atoms with Gasteiger partial charge >= 0.3 is 0 Å². The third-order valence-electron chi connectivity index (χ3n) is 3.37. The van der Waals surface area contributed by atoms with Gasteiger partial charge in [-0.15, -0.1) is 0 Å². The molecule has 2 N–H and O–H groups in total. The van der Waals surface area contributed by atoms with Gasteiger partial charge in [0.25, 0.3) is 5.89 Å². The van der Waals surface area contributed by atoms with E-state index in [9.17, 15) is 0 Å². The van der Waals surface area contributed by atoms with E-state index in [0.717, 1.165) is 31.4 Å². The molecule has 3 heterocycles. The van der Waals surface area contributed by atoms with Crippen molar-refractivity contribution in [2.45, 2.75) is 31.8 Å². The molecule has 0 bridgehead atoms. The molecule has 2 aromatic rings. The average molecular weight is 260 g/mol. The molecular formula is C13H16N4O2. The largest absolute Gasteiger partial charge is 0.397 e. The first kappa shape index (κ1) is 12.1. The van der Waals surface area contributed by atoms with E-state index in [1.807, 2.05) is 6.92 Å². The summed E-state index contributed by atoms with van der Waals surface area (Å²) in [6.45, 7) is 2.73. The normalized spacial score (nSPS) is 23.4. The lowest BCUT2D eigenvalue weighted by Crippen LogP contribution is -2.31. The summed E-state index contributed by atoms with van der Waals surface area (Å²) in [5, 5.41) is 4.04. The highest BCUT2D eigenvalue weighted by atomic mass is 16.5. The van der Waals surface area contributed by atoms with E-state index < -0.39 is 5.60 Å². The molecule has 1 aliphatic heterocycles. The van der Waals surface area contributed by atoms with Crippen LogP contribution in [0.2, 0.25) is 0 Å². The third kappa shape index (κ3) is 2.31. The summed E-state index contributed by atoms with van der Waals surface area (Å²) in [6, 6.07) is 1.76. The Kier molecular flexibility index (Phi) is 2.94. The maximum atomic E-state index is 5.80. The van der Waals surface area contributed by atoms with Crippen LogP contribution in [0.5, 0.6) is 0 Å². The van der Waals surface area contributed by atoms with E-state index in [-0.39, 0.29) is 0 Å². The van der Waals surface area contributed by atoms with Crippen LogP contribution in [-0.2, 0) is 10.3 Å². The summed E-state index contributed by atoms with van der Waals surface area (Å²) in [5.41, 5.74) is 6.53. The van der Waals surface area contributed by atoms with Gasteiger partial charge < -0.3 is 15.0 Å². The zero-order chi connectivity index (χ0) is 13.3. The highest BCUT2D eigenvalue weighted by molar-refractivity contribution is 5.57. The molecule has 0 radical (unpaired) electrons. The van der Waals surface area contributed by atoms with Crippen molar-refractivity contribution in [1.29, 1.82) is 0 Å². The summed E-state index contributed by atoms with van der Waals surface area (Å²) >= 11 is 0. The SMILES string of the molecule is CC1(c2noc(-c3cncc(N)c3)n2)CCCCO1. The van der Waals surface area contributed by atoms with Gasteiger partial charge in [-0.2, -0.15) is 4.98 Å². The molecule has 0 amide bonds. The minimum Gasteiger partial charge on any atom is -0.397 e. The molecule has 3 rings (SSSR count). The first-order chi connectivity index (χ1) is 9.17. The first-order valence-electron chi connectivity index (χ1n) is 6.36. The van der Waals surface area contributed by atoms with Crippen LogP contribution in [0.4, 0.5) is 5.69 Å². The van der Waals surface area contributed by atoms with E-state index in [2.05, 4.69) is 15.1 Å². The van der Waals surface area contributed by atoms with Gasteiger partial charge in [-0.25, -0.2) is 0 Å². The van der Waals surface area contributed by atoms with Crippen LogP contribution in [0.25, 0.3) is 11.5 Å². The monoisotopic (exact) mass is 260 g/mol. The maximum Gasteiger partial charge on any atom is 0.259 e. The second-order valence-corrected chi connectivity index (χ2v) is 4.97. The smallest absolute Gasteiger partial charge is 0.259 e. The number of pyridine rings is 1. The van der Waals surface area contributed by atoms with E-state index in [1.165, 1.54) is 0 Å². The fourth-order valence-electron chi connectivity index (χ4n) is 2.24. The predicted octanol–water partition coefficient (Wildman–Crippen LogP) is 2.13. The molecule has 1 saturated heterocycles. The number of nitrogen functional groups attached to an aromatic ring is 1. The number of nitrogens with two attached hydrogens (primary N) is 1. The van der Waals surface area contributed by atoms with Crippen LogP contribution in [0.3, 0.4) is 0 Å². The summed E-state index contributed by atoms with van der Waals surface area (Å²) in [5.74, 6) is 1.01. The predicted molar refractivity (Wildman–Crippen MR) is 69.1 cm³/mol. The van der Waals surface area contributed by atoms with Crippen molar-refractivity contribution >= 4 is 5.69 Å². The van der Waals surface area contributed by atoms with Crippen LogP contribution in [0.15, 0.2) is 23.0 Å². The topological polar surface area (TPSA) is 87.1 Å². The quantitative estimate of drug-likeness (QED) is 0.890. The first-order valence-corrected chi connectivity index (χ1v) is 6.36. The Morgan fingerprint density at radius 2 is 2.21 bits per heavy atom. The van der Waals surface area contributed by atoms with Crippen LogP contribution < -0.4 is 5.73 Å². The number of ether oxygens (including phenoxy) is 1. The van der Waals surface area contributed by atoms with Gasteiger partial charge in [-0.05, 0) is 32.3 Å². The number of rotatable bonds is 2. The average Bonchev–Trinajstić information content (AvgIpc) is 2.90. The van der Waals surface area contributed by atoms with Gasteiger partial charge in [0.2, 0.25) is 5.82 Å². The third-order valence-corrected chi connectivity index (χ3v) is 3.37. The second-order valence-electron chi connectivity index (χ2n) is 4.97. The Hall–Kier alpha value is -1.95. The van der Waals surface area contributed by atoms with Crippen LogP contribution >= 0.6 is 0 Å². The number of aromatic nitrogens is 3. The maximum absolute atomic E-state index is 5.80. The fourth-order valence-corrected chi connectivity index (χ4v) is 2.24. The lowest BCUT2D eigenvalue weighted by Gasteiger charge is -2.30. The van der Waals surface area contributed by atoms with Gasteiger partial charge in [0, 0.05) is 19.0 Å². The molecule has 100 valence electrons. The Morgan fingerprint density at radius 3 is 2.95 bits per heavy atom. The number of hydrogen-bond donors (Lipinski definition) is 1. The Labute approximate surface area is 111 Å². The Morgan fingerprint density at radius 1 is 1.32 bits per heavy atom. The molecule has 0 saturated carbocycles. The van der Waals surface area contributed by atoms with Crippen molar-refractivity contribution in [2.24, 2.45) is 0 Å².